The summed E-state index contributed by atoms with van der Waals surface area (Å²) >= 11 is 0. The summed E-state index contributed by atoms with van der Waals surface area (Å²) in [5.41, 5.74) is 0.575. The summed E-state index contributed by atoms with van der Waals surface area (Å²) in [4.78, 5) is 12.2. The van der Waals surface area contributed by atoms with Crippen LogP contribution in [-0.4, -0.2) is 34.8 Å². The number of phenols is 1. The van der Waals surface area contributed by atoms with Gasteiger partial charge in [-0.3, -0.25) is 4.79 Å². The lowest BCUT2D eigenvalue weighted by Gasteiger charge is -2.47. The lowest BCUT2D eigenvalue weighted by Crippen LogP contribution is -2.54. The number of hydrogen-bond donors (Lipinski definition) is 4. The fraction of sp³-hybridized carbons (Fsp3) is 0.632. The first kappa shape index (κ1) is 17.2. The highest BCUT2D eigenvalue weighted by Gasteiger charge is 2.41. The van der Waals surface area contributed by atoms with E-state index in [-0.39, 0.29) is 30.3 Å². The molecule has 1 aromatic rings. The first-order valence-corrected chi connectivity index (χ1v) is 9.03. The van der Waals surface area contributed by atoms with Crippen LogP contribution < -0.4 is 10.6 Å². The van der Waals surface area contributed by atoms with Crippen molar-refractivity contribution in [3.8, 4) is 5.75 Å². The number of aromatic hydroxyl groups is 1. The second-order valence-electron chi connectivity index (χ2n) is 7.51. The number of amides is 1. The summed E-state index contributed by atoms with van der Waals surface area (Å²) < 4.78 is 0. The molecule has 0 heterocycles. The molecule has 0 aliphatic heterocycles. The van der Waals surface area contributed by atoms with Crippen molar-refractivity contribution >= 4 is 11.6 Å². The van der Waals surface area contributed by atoms with Gasteiger partial charge in [-0.15, -0.1) is 0 Å². The van der Waals surface area contributed by atoms with Gasteiger partial charge in [-0.1, -0.05) is 19.3 Å². The van der Waals surface area contributed by atoms with E-state index in [1.807, 2.05) is 0 Å². The molecule has 2 unspecified atom stereocenters. The van der Waals surface area contributed by atoms with Crippen molar-refractivity contribution in [2.24, 2.45) is 11.8 Å². The third kappa shape index (κ3) is 4.28. The van der Waals surface area contributed by atoms with E-state index in [9.17, 15) is 15.0 Å². The maximum Gasteiger partial charge on any atom is 0.238 e. The Kier molecular flexibility index (Phi) is 5.41. The number of rotatable bonds is 6. The van der Waals surface area contributed by atoms with E-state index in [0.717, 1.165) is 24.7 Å². The maximum atomic E-state index is 12.2. The summed E-state index contributed by atoms with van der Waals surface area (Å²) in [6.07, 6.45) is 8.05. The molecule has 2 saturated carbocycles. The van der Waals surface area contributed by atoms with Crippen LogP contribution in [0.1, 0.15) is 44.9 Å². The lowest BCUT2D eigenvalue weighted by molar-refractivity contribution is -0.116. The second-order valence-corrected chi connectivity index (χ2v) is 7.51. The molecule has 5 heteroatoms. The van der Waals surface area contributed by atoms with Crippen LogP contribution in [0.5, 0.6) is 5.75 Å². The molecule has 3 rings (SSSR count). The minimum atomic E-state index is -0.102. The van der Waals surface area contributed by atoms with Gasteiger partial charge < -0.3 is 20.8 Å². The van der Waals surface area contributed by atoms with Gasteiger partial charge in [0.2, 0.25) is 5.91 Å². The van der Waals surface area contributed by atoms with Gasteiger partial charge >= 0.3 is 0 Å². The average Bonchev–Trinajstić information content (AvgIpc) is 2.55. The molecule has 0 saturated heterocycles. The molecule has 0 spiro atoms. The number of carbonyl (C=O) groups is 1. The van der Waals surface area contributed by atoms with Gasteiger partial charge in [0.05, 0.1) is 6.54 Å². The van der Waals surface area contributed by atoms with Crippen molar-refractivity contribution in [2.45, 2.75) is 50.5 Å². The Labute approximate surface area is 143 Å². The van der Waals surface area contributed by atoms with E-state index in [1.165, 1.54) is 25.7 Å². The van der Waals surface area contributed by atoms with E-state index in [1.54, 1.807) is 24.3 Å². The molecule has 1 amide bonds. The molecule has 5 nitrogen and oxygen atoms in total. The van der Waals surface area contributed by atoms with Crippen LogP contribution in [-0.2, 0) is 4.79 Å². The zero-order chi connectivity index (χ0) is 17.0. The van der Waals surface area contributed by atoms with Gasteiger partial charge in [0.25, 0.3) is 0 Å². The summed E-state index contributed by atoms with van der Waals surface area (Å²) in [6, 6.07) is 6.47. The number of phenolic OH excluding ortho intramolecular Hbond substituents is 1. The number of hydrogen-bond acceptors (Lipinski definition) is 4. The summed E-state index contributed by atoms with van der Waals surface area (Å²) in [5, 5.41) is 25.1. The van der Waals surface area contributed by atoms with Crippen LogP contribution in [0.25, 0.3) is 0 Å². The van der Waals surface area contributed by atoms with Crippen molar-refractivity contribution in [3.63, 3.8) is 0 Å². The molecular formula is C19H28N2O3. The largest absolute Gasteiger partial charge is 0.508 e. The van der Waals surface area contributed by atoms with Crippen molar-refractivity contribution in [3.05, 3.63) is 24.3 Å². The normalized spacial score (nSPS) is 29.2. The van der Waals surface area contributed by atoms with Gasteiger partial charge in [0.1, 0.15) is 5.75 Å². The zero-order valence-electron chi connectivity index (χ0n) is 14.1. The van der Waals surface area contributed by atoms with Crippen LogP contribution in [0.4, 0.5) is 5.69 Å². The highest BCUT2D eigenvalue weighted by molar-refractivity contribution is 5.92. The fourth-order valence-electron chi connectivity index (χ4n) is 4.63. The summed E-state index contributed by atoms with van der Waals surface area (Å²) in [5.74, 6) is 1.56. The predicted octanol–water partition coefficient (Wildman–Crippen LogP) is 2.64. The Morgan fingerprint density at radius 3 is 2.46 bits per heavy atom. The molecule has 2 aliphatic carbocycles. The van der Waals surface area contributed by atoms with Gasteiger partial charge in [-0.25, -0.2) is 0 Å². The predicted molar refractivity (Wildman–Crippen MR) is 93.9 cm³/mol. The Hall–Kier alpha value is -1.59. The first-order valence-electron chi connectivity index (χ1n) is 9.03. The number of aliphatic hydroxyl groups is 1. The van der Waals surface area contributed by atoms with E-state index in [2.05, 4.69) is 10.6 Å². The van der Waals surface area contributed by atoms with Gasteiger partial charge in [-0.05, 0) is 61.8 Å². The van der Waals surface area contributed by atoms with Gasteiger partial charge in [0, 0.05) is 17.8 Å². The first-order chi connectivity index (χ1) is 11.6. The topological polar surface area (TPSA) is 81.6 Å². The zero-order valence-corrected chi connectivity index (χ0v) is 14.1. The smallest absolute Gasteiger partial charge is 0.238 e. The number of nitrogens with one attached hydrogen (secondary N) is 2. The molecule has 0 radical (unpaired) electrons. The molecule has 2 aliphatic rings. The number of carbonyl (C=O) groups excluding carboxylic acids is 1. The van der Waals surface area contributed by atoms with Crippen molar-refractivity contribution in [2.75, 3.05) is 18.5 Å². The molecule has 0 aromatic heterocycles. The monoisotopic (exact) mass is 332 g/mol. The molecule has 2 atom stereocenters. The average molecular weight is 332 g/mol. The number of benzene rings is 1. The Balaban J connectivity index is 1.57. The third-order valence-electron chi connectivity index (χ3n) is 5.62. The molecule has 1 aromatic carbocycles. The van der Waals surface area contributed by atoms with Crippen molar-refractivity contribution < 1.29 is 15.0 Å². The molecule has 2 bridgehead atoms. The Morgan fingerprint density at radius 2 is 1.83 bits per heavy atom. The number of fused-ring (bicyclic) bond motifs is 2. The highest BCUT2D eigenvalue weighted by Crippen LogP contribution is 2.45. The minimum absolute atomic E-state index is 0.0891. The SMILES string of the molecule is O=C(CNC1(CCO)CC2CCCC(C2)C1)Nc1ccc(O)cc1. The molecule has 24 heavy (non-hydrogen) atoms. The van der Waals surface area contributed by atoms with E-state index < -0.39 is 0 Å². The third-order valence-corrected chi connectivity index (χ3v) is 5.62. The standard InChI is InChI=1S/C19H28N2O3/c22-9-8-19(11-14-2-1-3-15(10-14)12-19)20-13-18(24)21-16-4-6-17(23)7-5-16/h4-7,14-15,20,22-23H,1-3,8-13H2,(H,21,24). The number of aliphatic hydroxyl groups excluding tert-OH is 1. The summed E-state index contributed by atoms with van der Waals surface area (Å²) in [7, 11) is 0. The van der Waals surface area contributed by atoms with Crippen LogP contribution in [0.15, 0.2) is 24.3 Å². The maximum absolute atomic E-state index is 12.2. The molecule has 2 fully saturated rings. The van der Waals surface area contributed by atoms with Crippen molar-refractivity contribution in [1.82, 2.24) is 5.32 Å². The fourth-order valence-corrected chi connectivity index (χ4v) is 4.63. The van der Waals surface area contributed by atoms with Crippen LogP contribution in [0, 0.1) is 11.8 Å². The Bertz CT molecular complexity index is 546. The van der Waals surface area contributed by atoms with Crippen molar-refractivity contribution in [1.29, 1.82) is 0 Å². The van der Waals surface area contributed by atoms with Gasteiger partial charge in [0.15, 0.2) is 0 Å². The molecular weight excluding hydrogens is 304 g/mol. The summed E-state index contributed by atoms with van der Waals surface area (Å²) in [6.45, 7) is 0.409. The van der Waals surface area contributed by atoms with Gasteiger partial charge in [-0.2, -0.15) is 0 Å². The van der Waals surface area contributed by atoms with E-state index in [4.69, 9.17) is 0 Å². The lowest BCUT2D eigenvalue weighted by atomic mass is 9.63. The molecule has 132 valence electrons. The van der Waals surface area contributed by atoms with Crippen LogP contribution in [0.2, 0.25) is 0 Å². The molecule has 4 N–H and O–H groups in total. The highest BCUT2D eigenvalue weighted by atomic mass is 16.3. The second kappa shape index (κ2) is 7.53. The van der Waals surface area contributed by atoms with E-state index in [0.29, 0.717) is 12.1 Å². The van der Waals surface area contributed by atoms with Crippen LogP contribution >= 0.6 is 0 Å². The minimum Gasteiger partial charge on any atom is -0.508 e. The Morgan fingerprint density at radius 1 is 1.17 bits per heavy atom. The van der Waals surface area contributed by atoms with Crippen LogP contribution in [0.3, 0.4) is 0 Å². The number of anilines is 1. The van der Waals surface area contributed by atoms with E-state index >= 15 is 0 Å². The quantitative estimate of drug-likeness (QED) is 0.604.